The number of aliphatic carboxylic acids is 1. The maximum Gasteiger partial charge on any atom is 0.312 e. The van der Waals surface area contributed by atoms with E-state index in [1.807, 2.05) is 6.92 Å². The highest BCUT2D eigenvalue weighted by atomic mass is 16.4. The van der Waals surface area contributed by atoms with E-state index in [0.717, 1.165) is 25.2 Å². The summed E-state index contributed by atoms with van der Waals surface area (Å²) < 4.78 is 0. The summed E-state index contributed by atoms with van der Waals surface area (Å²) >= 11 is 0. The molecule has 0 aromatic heterocycles. The standard InChI is InChI=1S/C30H46O3/c1-18-10-13-26(3)16-17-28(5)20(24(26)19(18)2)8-9-21-27(4)14-12-23(31)30(7,25(32)33)22(27)11-15-29(21,28)6/h8-9,18-19,22-24,31H,10-17H2,1-7H3,(H,32,33)/t18-,19+,22?,23-,24?,26-,27-,28-,29-,30+/m1/s1. The van der Waals surface area contributed by atoms with E-state index in [4.69, 9.17) is 0 Å². The molecule has 0 aromatic rings. The van der Waals surface area contributed by atoms with Gasteiger partial charge in [0.15, 0.2) is 0 Å². The largest absolute Gasteiger partial charge is 0.481 e. The highest BCUT2D eigenvalue weighted by molar-refractivity contribution is 5.76. The van der Waals surface area contributed by atoms with Gasteiger partial charge in [0.05, 0.1) is 11.5 Å². The van der Waals surface area contributed by atoms with Crippen molar-refractivity contribution in [2.24, 2.45) is 50.7 Å². The Labute approximate surface area is 201 Å². The molecule has 5 rings (SSSR count). The molecule has 33 heavy (non-hydrogen) atoms. The minimum Gasteiger partial charge on any atom is -0.481 e. The molecular formula is C30H46O3. The van der Waals surface area contributed by atoms with Gasteiger partial charge in [-0.05, 0) is 104 Å². The Morgan fingerprint density at radius 1 is 0.879 bits per heavy atom. The molecule has 0 radical (unpaired) electrons. The molecule has 0 aromatic carbocycles. The fourth-order valence-corrected chi connectivity index (χ4v) is 10.1. The van der Waals surface area contributed by atoms with E-state index in [0.29, 0.717) is 23.7 Å². The first-order valence-corrected chi connectivity index (χ1v) is 13.6. The van der Waals surface area contributed by atoms with Gasteiger partial charge in [0.1, 0.15) is 0 Å². The van der Waals surface area contributed by atoms with E-state index in [2.05, 4.69) is 53.7 Å². The number of hydrogen-bond donors (Lipinski definition) is 2. The molecule has 2 unspecified atom stereocenters. The third kappa shape index (κ3) is 2.69. The van der Waals surface area contributed by atoms with Crippen LogP contribution in [0, 0.1) is 50.7 Å². The normalized spacial score (nSPS) is 55.8. The van der Waals surface area contributed by atoms with Gasteiger partial charge < -0.3 is 10.2 Å². The molecule has 184 valence electrons. The average molecular weight is 455 g/mol. The number of aliphatic hydroxyl groups is 1. The zero-order valence-electron chi connectivity index (χ0n) is 22.0. The number of carboxylic acids is 1. The van der Waals surface area contributed by atoms with E-state index >= 15 is 0 Å². The Morgan fingerprint density at radius 3 is 2.24 bits per heavy atom. The van der Waals surface area contributed by atoms with Gasteiger partial charge in [-0.2, -0.15) is 0 Å². The zero-order chi connectivity index (χ0) is 24.2. The lowest BCUT2D eigenvalue weighted by molar-refractivity contribution is -0.181. The summed E-state index contributed by atoms with van der Waals surface area (Å²) in [5, 5.41) is 21.1. The molecule has 10 atom stereocenters. The number of fused-ring (bicyclic) bond motifs is 7. The molecular weight excluding hydrogens is 408 g/mol. The van der Waals surface area contributed by atoms with Crippen LogP contribution in [0.5, 0.6) is 0 Å². The number of carbonyl (C=O) groups is 1. The van der Waals surface area contributed by atoms with Crippen molar-refractivity contribution in [2.45, 2.75) is 106 Å². The minimum absolute atomic E-state index is 0.0217. The van der Waals surface area contributed by atoms with Gasteiger partial charge in [0, 0.05) is 0 Å². The van der Waals surface area contributed by atoms with Crippen LogP contribution in [0.15, 0.2) is 23.3 Å². The molecule has 3 heteroatoms. The first kappa shape index (κ1) is 23.6. The summed E-state index contributed by atoms with van der Waals surface area (Å²) in [6, 6.07) is 0. The van der Waals surface area contributed by atoms with Gasteiger partial charge in [-0.1, -0.05) is 64.8 Å². The van der Waals surface area contributed by atoms with Gasteiger partial charge in [-0.15, -0.1) is 0 Å². The maximum absolute atomic E-state index is 12.5. The van der Waals surface area contributed by atoms with Crippen LogP contribution in [-0.4, -0.2) is 22.3 Å². The van der Waals surface area contributed by atoms with Crippen LogP contribution in [0.2, 0.25) is 0 Å². The Bertz CT molecular complexity index is 933. The lowest BCUT2D eigenvalue weighted by atomic mass is 9.36. The van der Waals surface area contributed by atoms with Crippen molar-refractivity contribution in [3.8, 4) is 0 Å². The summed E-state index contributed by atoms with van der Waals surface area (Å²) in [5.74, 6) is 1.28. The number of carboxylic acid groups (broad SMARTS) is 1. The smallest absolute Gasteiger partial charge is 0.312 e. The van der Waals surface area contributed by atoms with Crippen LogP contribution in [0.25, 0.3) is 0 Å². The second-order valence-electron chi connectivity index (χ2n) is 14.0. The highest BCUT2D eigenvalue weighted by Crippen LogP contribution is 2.74. The van der Waals surface area contributed by atoms with Crippen molar-refractivity contribution in [1.29, 1.82) is 0 Å². The van der Waals surface area contributed by atoms with Crippen molar-refractivity contribution in [3.63, 3.8) is 0 Å². The first-order valence-electron chi connectivity index (χ1n) is 13.6. The maximum atomic E-state index is 12.5. The van der Waals surface area contributed by atoms with E-state index in [-0.39, 0.29) is 22.2 Å². The molecule has 0 spiro atoms. The number of allylic oxidation sites excluding steroid dienone is 4. The topological polar surface area (TPSA) is 57.5 Å². The first-order chi connectivity index (χ1) is 15.3. The third-order valence-corrected chi connectivity index (χ3v) is 12.9. The summed E-state index contributed by atoms with van der Waals surface area (Å²) in [6.07, 6.45) is 12.8. The SMILES string of the molecule is C[C@@H]1CC[C@]2(C)CC[C@]3(C)C(=CC=C4[C@@]5(C)CC[C@@H](O)[C@@](C)(C(=O)O)C5CC[C@]43C)C2[C@H]1C. The van der Waals surface area contributed by atoms with E-state index in [1.54, 1.807) is 5.57 Å². The summed E-state index contributed by atoms with van der Waals surface area (Å²) in [5.41, 5.74) is 2.55. The molecule has 0 bridgehead atoms. The van der Waals surface area contributed by atoms with Gasteiger partial charge in [-0.25, -0.2) is 0 Å². The summed E-state index contributed by atoms with van der Waals surface area (Å²) in [6.45, 7) is 16.7. The van der Waals surface area contributed by atoms with Crippen molar-refractivity contribution < 1.29 is 15.0 Å². The fourth-order valence-electron chi connectivity index (χ4n) is 10.1. The van der Waals surface area contributed by atoms with Crippen LogP contribution in [0.1, 0.15) is 99.8 Å². The average Bonchev–Trinajstić information content (AvgIpc) is 2.75. The molecule has 5 aliphatic rings. The van der Waals surface area contributed by atoms with Gasteiger partial charge >= 0.3 is 5.97 Å². The number of hydrogen-bond acceptors (Lipinski definition) is 2. The second-order valence-corrected chi connectivity index (χ2v) is 14.0. The van der Waals surface area contributed by atoms with Crippen molar-refractivity contribution in [3.05, 3.63) is 23.3 Å². The Balaban J connectivity index is 1.65. The lowest BCUT2D eigenvalue weighted by Crippen LogP contribution is -2.63. The zero-order valence-corrected chi connectivity index (χ0v) is 22.0. The van der Waals surface area contributed by atoms with Crippen LogP contribution in [0.4, 0.5) is 0 Å². The van der Waals surface area contributed by atoms with Gasteiger partial charge in [-0.3, -0.25) is 4.79 Å². The second kappa shape index (κ2) is 6.99. The van der Waals surface area contributed by atoms with Crippen LogP contribution in [0.3, 0.4) is 0 Å². The predicted octanol–water partition coefficient (Wildman–Crippen LogP) is 7.01. The predicted molar refractivity (Wildman–Crippen MR) is 133 cm³/mol. The lowest BCUT2D eigenvalue weighted by Gasteiger charge is -2.68. The summed E-state index contributed by atoms with van der Waals surface area (Å²) in [4.78, 5) is 12.5. The number of rotatable bonds is 1. The van der Waals surface area contributed by atoms with E-state index in [9.17, 15) is 15.0 Å². The van der Waals surface area contributed by atoms with Crippen LogP contribution in [-0.2, 0) is 4.79 Å². The highest BCUT2D eigenvalue weighted by Gasteiger charge is 2.67. The molecule has 0 amide bonds. The van der Waals surface area contributed by atoms with Crippen molar-refractivity contribution >= 4 is 5.97 Å². The Kier molecular flexibility index (Phi) is 5.01. The van der Waals surface area contributed by atoms with Crippen LogP contribution < -0.4 is 0 Å². The molecule has 0 aliphatic heterocycles. The van der Waals surface area contributed by atoms with Crippen molar-refractivity contribution in [2.75, 3.05) is 0 Å². The third-order valence-electron chi connectivity index (χ3n) is 12.9. The molecule has 5 aliphatic carbocycles. The molecule has 0 heterocycles. The van der Waals surface area contributed by atoms with Gasteiger partial charge in [0.2, 0.25) is 0 Å². The van der Waals surface area contributed by atoms with E-state index < -0.39 is 17.5 Å². The quantitative estimate of drug-likeness (QED) is 0.448. The monoisotopic (exact) mass is 454 g/mol. The van der Waals surface area contributed by atoms with Crippen molar-refractivity contribution in [1.82, 2.24) is 0 Å². The number of aliphatic hydroxyl groups excluding tert-OH is 1. The van der Waals surface area contributed by atoms with Crippen LogP contribution >= 0.6 is 0 Å². The molecule has 4 saturated carbocycles. The molecule has 0 saturated heterocycles. The minimum atomic E-state index is -1.07. The fraction of sp³-hybridized carbons (Fsp3) is 0.833. The summed E-state index contributed by atoms with van der Waals surface area (Å²) in [7, 11) is 0. The Hall–Kier alpha value is -1.09. The Morgan fingerprint density at radius 2 is 1.58 bits per heavy atom. The molecule has 3 nitrogen and oxygen atoms in total. The van der Waals surface area contributed by atoms with Gasteiger partial charge in [0.25, 0.3) is 0 Å². The molecule has 4 fully saturated rings. The molecule has 2 N–H and O–H groups in total. The van der Waals surface area contributed by atoms with E-state index in [1.165, 1.54) is 31.3 Å².